The number of anilines is 1. The van der Waals surface area contributed by atoms with Crippen molar-refractivity contribution >= 4 is 52.1 Å². The van der Waals surface area contributed by atoms with Gasteiger partial charge in [-0.25, -0.2) is 9.37 Å². The molecule has 2 heterocycles. The van der Waals surface area contributed by atoms with E-state index in [0.29, 0.717) is 16.7 Å². The summed E-state index contributed by atoms with van der Waals surface area (Å²) in [5.74, 6) is 3.45. The number of nitrogen functional groups attached to an aromatic ring is 1. The van der Waals surface area contributed by atoms with Gasteiger partial charge in [-0.05, 0) is 6.07 Å². The van der Waals surface area contributed by atoms with Crippen molar-refractivity contribution in [3.63, 3.8) is 0 Å². The normalized spacial score (nSPS) is 20.0. The molecule has 0 aliphatic carbocycles. The van der Waals surface area contributed by atoms with E-state index in [0.717, 1.165) is 23.6 Å². The first-order valence-corrected chi connectivity index (χ1v) is 8.53. The zero-order chi connectivity index (χ0) is 13.4. The third-order valence-corrected chi connectivity index (χ3v) is 6.21. The second-order valence-electron chi connectivity index (χ2n) is 4.40. The highest BCUT2D eigenvalue weighted by molar-refractivity contribution is 8.06. The van der Waals surface area contributed by atoms with E-state index < -0.39 is 5.82 Å². The monoisotopic (exact) mass is 317 g/mol. The van der Waals surface area contributed by atoms with Crippen molar-refractivity contribution in [3.05, 3.63) is 23.0 Å². The lowest BCUT2D eigenvalue weighted by molar-refractivity contribution is 0.628. The van der Waals surface area contributed by atoms with E-state index in [1.807, 2.05) is 28.1 Å². The molecule has 1 aliphatic rings. The van der Waals surface area contributed by atoms with Gasteiger partial charge in [-0.3, -0.25) is 0 Å². The second kappa shape index (κ2) is 5.42. The van der Waals surface area contributed by atoms with Crippen LogP contribution >= 0.6 is 35.1 Å². The fourth-order valence-corrected chi connectivity index (χ4v) is 4.99. The molecule has 7 heteroatoms. The average Bonchev–Trinajstić information content (AvgIpc) is 2.68. The highest BCUT2D eigenvalue weighted by atomic mass is 35.5. The molecule has 2 N–H and O–H groups in total. The van der Waals surface area contributed by atoms with E-state index in [1.165, 1.54) is 17.9 Å². The molecular weight excluding hydrogens is 305 g/mol. The van der Waals surface area contributed by atoms with Crippen LogP contribution in [0, 0.1) is 5.82 Å². The van der Waals surface area contributed by atoms with Gasteiger partial charge in [0.05, 0.1) is 16.1 Å². The van der Waals surface area contributed by atoms with Crippen LogP contribution in [0.5, 0.6) is 0 Å². The number of nitrogens with zero attached hydrogens (tertiary/aromatic N) is 2. The van der Waals surface area contributed by atoms with Crippen molar-refractivity contribution < 1.29 is 4.39 Å². The lowest BCUT2D eigenvalue weighted by atomic mass is 10.3. The molecule has 1 saturated heterocycles. The molecule has 1 fully saturated rings. The van der Waals surface area contributed by atoms with Crippen molar-refractivity contribution in [1.82, 2.24) is 9.55 Å². The SMILES string of the molecule is Nc1nc2cc(Cl)c(F)cc2n1CC1CSCCS1. The van der Waals surface area contributed by atoms with E-state index in [-0.39, 0.29) is 5.02 Å². The molecule has 3 rings (SSSR count). The first kappa shape index (κ1) is 13.4. The maximum Gasteiger partial charge on any atom is 0.201 e. The first-order valence-electron chi connectivity index (χ1n) is 5.95. The van der Waals surface area contributed by atoms with Crippen LogP contribution in [0.2, 0.25) is 5.02 Å². The van der Waals surface area contributed by atoms with Crippen LogP contribution in [0.4, 0.5) is 10.3 Å². The van der Waals surface area contributed by atoms with Gasteiger partial charge in [-0.15, -0.1) is 0 Å². The van der Waals surface area contributed by atoms with Crippen LogP contribution in [-0.4, -0.2) is 32.1 Å². The second-order valence-corrected chi connectivity index (χ2v) is 7.37. The van der Waals surface area contributed by atoms with Crippen LogP contribution < -0.4 is 5.73 Å². The number of hydrogen-bond acceptors (Lipinski definition) is 4. The fourth-order valence-electron chi connectivity index (χ4n) is 2.18. The zero-order valence-electron chi connectivity index (χ0n) is 10.1. The summed E-state index contributed by atoms with van der Waals surface area (Å²) in [6, 6.07) is 2.95. The predicted octanol–water partition coefficient (Wildman–Crippen LogP) is 3.26. The number of thioether (sulfide) groups is 2. The van der Waals surface area contributed by atoms with Gasteiger partial charge in [0, 0.05) is 35.1 Å². The number of nitrogens with two attached hydrogens (primary N) is 1. The molecule has 0 saturated carbocycles. The maximum absolute atomic E-state index is 13.6. The Kier molecular flexibility index (Phi) is 3.82. The Balaban J connectivity index is 1.97. The Labute approximate surface area is 124 Å². The zero-order valence-corrected chi connectivity index (χ0v) is 12.5. The Bertz CT molecular complexity index is 611. The molecule has 1 unspecified atom stereocenters. The Hall–Kier alpha value is -0.590. The van der Waals surface area contributed by atoms with E-state index in [2.05, 4.69) is 4.98 Å². The van der Waals surface area contributed by atoms with E-state index in [9.17, 15) is 4.39 Å². The molecule has 1 aliphatic heterocycles. The average molecular weight is 318 g/mol. The van der Waals surface area contributed by atoms with Gasteiger partial charge in [-0.1, -0.05) is 11.6 Å². The molecule has 0 bridgehead atoms. The summed E-state index contributed by atoms with van der Waals surface area (Å²) in [6.07, 6.45) is 0. The van der Waals surface area contributed by atoms with E-state index in [1.54, 1.807) is 0 Å². The van der Waals surface area contributed by atoms with Crippen LogP contribution in [0.25, 0.3) is 11.0 Å². The van der Waals surface area contributed by atoms with Gasteiger partial charge in [0.2, 0.25) is 5.95 Å². The van der Waals surface area contributed by atoms with Crippen molar-refractivity contribution in [2.75, 3.05) is 23.0 Å². The molecule has 0 radical (unpaired) electrons. The molecule has 3 nitrogen and oxygen atoms in total. The Morgan fingerprint density at radius 2 is 2.32 bits per heavy atom. The number of halogens is 2. The summed E-state index contributed by atoms with van der Waals surface area (Å²) in [7, 11) is 0. The molecular formula is C12H13ClFN3S2. The maximum atomic E-state index is 13.6. The molecule has 1 atom stereocenters. The van der Waals surface area contributed by atoms with Gasteiger partial charge < -0.3 is 10.3 Å². The number of imidazole rings is 1. The van der Waals surface area contributed by atoms with Crippen LogP contribution in [-0.2, 0) is 6.54 Å². The van der Waals surface area contributed by atoms with Crippen LogP contribution in [0.1, 0.15) is 0 Å². The lowest BCUT2D eigenvalue weighted by Crippen LogP contribution is -2.21. The van der Waals surface area contributed by atoms with Crippen LogP contribution in [0.15, 0.2) is 12.1 Å². The number of rotatable bonds is 2. The molecule has 19 heavy (non-hydrogen) atoms. The Morgan fingerprint density at radius 3 is 3.05 bits per heavy atom. The molecule has 1 aromatic carbocycles. The van der Waals surface area contributed by atoms with Gasteiger partial charge in [0.25, 0.3) is 0 Å². The largest absolute Gasteiger partial charge is 0.369 e. The topological polar surface area (TPSA) is 43.8 Å². The third-order valence-electron chi connectivity index (χ3n) is 3.09. The number of aromatic nitrogens is 2. The predicted molar refractivity (Wildman–Crippen MR) is 82.7 cm³/mol. The third kappa shape index (κ3) is 2.66. The van der Waals surface area contributed by atoms with Gasteiger partial charge in [0.1, 0.15) is 5.82 Å². The smallest absolute Gasteiger partial charge is 0.201 e. The van der Waals surface area contributed by atoms with Crippen molar-refractivity contribution in [3.8, 4) is 0 Å². The van der Waals surface area contributed by atoms with E-state index in [4.69, 9.17) is 17.3 Å². The summed E-state index contributed by atoms with van der Waals surface area (Å²) in [5.41, 5.74) is 7.31. The molecule has 102 valence electrons. The minimum absolute atomic E-state index is 0.0831. The molecule has 0 spiro atoms. The van der Waals surface area contributed by atoms with Gasteiger partial charge in [-0.2, -0.15) is 23.5 Å². The summed E-state index contributed by atoms with van der Waals surface area (Å²) >= 11 is 9.66. The minimum Gasteiger partial charge on any atom is -0.369 e. The molecule has 0 amide bonds. The van der Waals surface area contributed by atoms with Gasteiger partial charge in [0.15, 0.2) is 0 Å². The van der Waals surface area contributed by atoms with Crippen molar-refractivity contribution in [2.24, 2.45) is 0 Å². The van der Waals surface area contributed by atoms with E-state index >= 15 is 0 Å². The lowest BCUT2D eigenvalue weighted by Gasteiger charge is -2.22. The summed E-state index contributed by atoms with van der Waals surface area (Å²) in [4.78, 5) is 4.25. The quantitative estimate of drug-likeness (QED) is 0.923. The van der Waals surface area contributed by atoms with Crippen molar-refractivity contribution in [2.45, 2.75) is 11.8 Å². The van der Waals surface area contributed by atoms with Gasteiger partial charge >= 0.3 is 0 Å². The highest BCUT2D eigenvalue weighted by Gasteiger charge is 2.18. The summed E-state index contributed by atoms with van der Waals surface area (Å²) < 4.78 is 15.5. The first-order chi connectivity index (χ1) is 9.15. The minimum atomic E-state index is -0.430. The summed E-state index contributed by atoms with van der Waals surface area (Å²) in [5, 5.41) is 0.580. The van der Waals surface area contributed by atoms with Crippen LogP contribution in [0.3, 0.4) is 0 Å². The highest BCUT2D eigenvalue weighted by Crippen LogP contribution is 2.29. The molecule has 2 aromatic rings. The number of benzene rings is 1. The summed E-state index contributed by atoms with van der Waals surface area (Å²) in [6.45, 7) is 0.765. The fraction of sp³-hybridized carbons (Fsp3) is 0.417. The standard InChI is InChI=1S/C12H13ClFN3S2/c13-8-3-10-11(4-9(8)14)17(12(15)16-10)5-7-6-18-1-2-19-7/h3-4,7H,1-2,5-6H2,(H2,15,16). The van der Waals surface area contributed by atoms with Crippen molar-refractivity contribution in [1.29, 1.82) is 0 Å². The number of fused-ring (bicyclic) bond motifs is 1. The number of hydrogen-bond donors (Lipinski definition) is 1. The molecule has 1 aromatic heterocycles. The Morgan fingerprint density at radius 1 is 1.47 bits per heavy atom.